The molecule has 2 rings (SSSR count). The van der Waals surface area contributed by atoms with Gasteiger partial charge in [-0.25, -0.2) is 14.8 Å². The number of aryl methyl sites for hydroxylation is 1. The highest BCUT2D eigenvalue weighted by atomic mass is 32.1. The van der Waals surface area contributed by atoms with Crippen molar-refractivity contribution in [1.82, 2.24) is 15.3 Å². The van der Waals surface area contributed by atoms with Crippen molar-refractivity contribution in [2.45, 2.75) is 13.5 Å². The van der Waals surface area contributed by atoms with Gasteiger partial charge in [-0.2, -0.15) is 0 Å². The molecule has 2 amide bonds. The van der Waals surface area contributed by atoms with E-state index >= 15 is 0 Å². The summed E-state index contributed by atoms with van der Waals surface area (Å²) in [7, 11) is 0. The van der Waals surface area contributed by atoms with E-state index in [0.717, 1.165) is 9.88 Å². The molecule has 0 spiro atoms. The normalized spacial score (nSPS) is 9.94. The van der Waals surface area contributed by atoms with Crippen molar-refractivity contribution in [3.63, 3.8) is 0 Å². The van der Waals surface area contributed by atoms with Crippen molar-refractivity contribution in [2.75, 3.05) is 5.32 Å². The number of hydrogen-bond donors (Lipinski definition) is 2. The molecule has 0 aliphatic rings. The van der Waals surface area contributed by atoms with Crippen molar-refractivity contribution in [3.8, 4) is 0 Å². The minimum absolute atomic E-state index is 0.281. The Bertz CT molecular complexity index is 497. The lowest BCUT2D eigenvalue weighted by Gasteiger charge is -2.04. The van der Waals surface area contributed by atoms with Gasteiger partial charge in [-0.05, 0) is 19.1 Å². The van der Waals surface area contributed by atoms with Crippen molar-refractivity contribution in [1.29, 1.82) is 0 Å². The Kier molecular flexibility index (Phi) is 3.66. The summed E-state index contributed by atoms with van der Waals surface area (Å²) in [5.41, 5.74) is 0. The fourth-order valence-corrected chi connectivity index (χ4v) is 1.96. The number of anilines is 1. The van der Waals surface area contributed by atoms with Gasteiger partial charge in [-0.3, -0.25) is 5.32 Å². The van der Waals surface area contributed by atoms with Crippen molar-refractivity contribution in [3.05, 3.63) is 40.5 Å². The number of rotatable bonds is 3. The quantitative estimate of drug-likeness (QED) is 0.874. The molecule has 2 N–H and O–H groups in total. The first-order valence-corrected chi connectivity index (χ1v) is 5.93. The first-order valence-electron chi connectivity index (χ1n) is 5.11. The third-order valence-corrected chi connectivity index (χ3v) is 2.89. The highest BCUT2D eigenvalue weighted by Crippen LogP contribution is 2.10. The second-order valence-electron chi connectivity index (χ2n) is 3.39. The maximum absolute atomic E-state index is 11.5. The number of aromatic nitrogens is 2. The molecule has 2 aromatic heterocycles. The van der Waals surface area contributed by atoms with Crippen molar-refractivity contribution in [2.24, 2.45) is 0 Å². The summed E-state index contributed by atoms with van der Waals surface area (Å²) in [5, 5.41) is 6.24. The number of hydrogen-bond acceptors (Lipinski definition) is 4. The zero-order valence-corrected chi connectivity index (χ0v) is 10.1. The standard InChI is InChI=1S/C11H12N4OS/c1-8-6-13-10(17-8)7-14-11(16)15-9-4-2-3-5-12-9/h2-6H,7H2,1H3,(H2,12,14,15,16). The Morgan fingerprint density at radius 2 is 2.29 bits per heavy atom. The average Bonchev–Trinajstić information content (AvgIpc) is 2.74. The van der Waals surface area contributed by atoms with Gasteiger partial charge in [0.2, 0.25) is 0 Å². The number of urea groups is 1. The van der Waals surface area contributed by atoms with Gasteiger partial charge in [0, 0.05) is 17.3 Å². The van der Waals surface area contributed by atoms with Gasteiger partial charge in [-0.1, -0.05) is 6.07 Å². The highest BCUT2D eigenvalue weighted by molar-refractivity contribution is 7.11. The molecule has 2 aromatic rings. The third-order valence-electron chi connectivity index (χ3n) is 1.98. The number of pyridine rings is 1. The van der Waals surface area contributed by atoms with Gasteiger partial charge in [0.25, 0.3) is 0 Å². The van der Waals surface area contributed by atoms with Crippen LogP contribution in [0.5, 0.6) is 0 Å². The summed E-state index contributed by atoms with van der Waals surface area (Å²) >= 11 is 1.57. The van der Waals surface area contributed by atoms with E-state index in [9.17, 15) is 4.79 Å². The number of carbonyl (C=O) groups is 1. The van der Waals surface area contributed by atoms with Gasteiger partial charge in [0.1, 0.15) is 10.8 Å². The number of carbonyl (C=O) groups excluding carboxylic acids is 1. The van der Waals surface area contributed by atoms with Crippen LogP contribution in [0.1, 0.15) is 9.88 Å². The summed E-state index contributed by atoms with van der Waals surface area (Å²) < 4.78 is 0. The minimum atomic E-state index is -0.281. The zero-order valence-electron chi connectivity index (χ0n) is 9.30. The molecule has 0 saturated heterocycles. The lowest BCUT2D eigenvalue weighted by atomic mass is 10.5. The molecule has 5 nitrogen and oxygen atoms in total. The number of amides is 2. The molecule has 0 saturated carbocycles. The predicted molar refractivity (Wildman–Crippen MR) is 66.9 cm³/mol. The molecule has 0 aliphatic heterocycles. The Morgan fingerprint density at radius 3 is 2.94 bits per heavy atom. The number of nitrogens with one attached hydrogen (secondary N) is 2. The predicted octanol–water partition coefficient (Wildman–Crippen LogP) is 2.17. The van der Waals surface area contributed by atoms with Crippen LogP contribution in [0.2, 0.25) is 0 Å². The fraction of sp³-hybridized carbons (Fsp3) is 0.182. The van der Waals surface area contributed by atoms with E-state index in [1.807, 2.05) is 13.0 Å². The van der Waals surface area contributed by atoms with Crippen LogP contribution in [0.4, 0.5) is 10.6 Å². The molecule has 0 fully saturated rings. The number of nitrogens with zero attached hydrogens (tertiary/aromatic N) is 2. The Hall–Kier alpha value is -1.95. The minimum Gasteiger partial charge on any atom is -0.331 e. The monoisotopic (exact) mass is 248 g/mol. The van der Waals surface area contributed by atoms with E-state index in [-0.39, 0.29) is 6.03 Å². The first-order chi connectivity index (χ1) is 8.24. The summed E-state index contributed by atoms with van der Waals surface area (Å²) in [5.74, 6) is 0.528. The lowest BCUT2D eigenvalue weighted by Crippen LogP contribution is -2.28. The van der Waals surface area contributed by atoms with Gasteiger partial charge in [0.05, 0.1) is 6.54 Å². The molecule has 2 heterocycles. The van der Waals surface area contributed by atoms with Gasteiger partial charge in [0.15, 0.2) is 0 Å². The summed E-state index contributed by atoms with van der Waals surface area (Å²) in [6.07, 6.45) is 3.41. The van der Waals surface area contributed by atoms with Crippen LogP contribution in [-0.2, 0) is 6.54 Å². The lowest BCUT2D eigenvalue weighted by molar-refractivity contribution is 0.251. The average molecular weight is 248 g/mol. The summed E-state index contributed by atoms with van der Waals surface area (Å²) in [6, 6.07) is 5.05. The second kappa shape index (κ2) is 5.40. The third kappa shape index (κ3) is 3.53. The maximum Gasteiger partial charge on any atom is 0.320 e. The molecule has 88 valence electrons. The van der Waals surface area contributed by atoms with E-state index < -0.39 is 0 Å². The van der Waals surface area contributed by atoms with Crippen LogP contribution < -0.4 is 10.6 Å². The molecular formula is C11H12N4OS. The fourth-order valence-electron chi connectivity index (χ4n) is 1.24. The van der Waals surface area contributed by atoms with Gasteiger partial charge < -0.3 is 5.32 Å². The topological polar surface area (TPSA) is 66.9 Å². The molecule has 0 unspecified atom stereocenters. The SMILES string of the molecule is Cc1cnc(CNC(=O)Nc2ccccn2)s1. The molecule has 6 heteroatoms. The molecule has 17 heavy (non-hydrogen) atoms. The van der Waals surface area contributed by atoms with Crippen LogP contribution in [0.3, 0.4) is 0 Å². The zero-order chi connectivity index (χ0) is 12.1. The van der Waals surface area contributed by atoms with Crippen LogP contribution in [0.25, 0.3) is 0 Å². The highest BCUT2D eigenvalue weighted by Gasteiger charge is 2.03. The van der Waals surface area contributed by atoms with E-state index in [2.05, 4.69) is 20.6 Å². The van der Waals surface area contributed by atoms with E-state index in [1.54, 1.807) is 35.9 Å². The molecule has 0 atom stereocenters. The smallest absolute Gasteiger partial charge is 0.320 e. The summed E-state index contributed by atoms with van der Waals surface area (Å²) in [6.45, 7) is 2.41. The maximum atomic E-state index is 11.5. The van der Waals surface area contributed by atoms with Crippen LogP contribution in [0.15, 0.2) is 30.6 Å². The largest absolute Gasteiger partial charge is 0.331 e. The van der Waals surface area contributed by atoms with Crippen LogP contribution >= 0.6 is 11.3 Å². The second-order valence-corrected chi connectivity index (χ2v) is 4.71. The molecule has 0 bridgehead atoms. The van der Waals surface area contributed by atoms with Gasteiger partial charge in [-0.15, -0.1) is 11.3 Å². The van der Waals surface area contributed by atoms with Gasteiger partial charge >= 0.3 is 6.03 Å². The Morgan fingerprint density at radius 1 is 1.41 bits per heavy atom. The Balaban J connectivity index is 1.82. The van der Waals surface area contributed by atoms with Crippen molar-refractivity contribution < 1.29 is 4.79 Å². The summed E-state index contributed by atoms with van der Waals surface area (Å²) in [4.78, 5) is 20.8. The van der Waals surface area contributed by atoms with E-state index in [0.29, 0.717) is 12.4 Å². The van der Waals surface area contributed by atoms with E-state index in [1.165, 1.54) is 0 Å². The van der Waals surface area contributed by atoms with Crippen LogP contribution in [0, 0.1) is 6.92 Å². The van der Waals surface area contributed by atoms with Crippen molar-refractivity contribution >= 4 is 23.2 Å². The molecule has 0 radical (unpaired) electrons. The van der Waals surface area contributed by atoms with Crippen LogP contribution in [-0.4, -0.2) is 16.0 Å². The molecule has 0 aromatic carbocycles. The van der Waals surface area contributed by atoms with E-state index in [4.69, 9.17) is 0 Å². The molecular weight excluding hydrogens is 236 g/mol. The Labute approximate surface area is 103 Å². The number of thiazole rings is 1. The molecule has 0 aliphatic carbocycles. The first kappa shape index (κ1) is 11.5.